The number of pyridine rings is 1. The summed E-state index contributed by atoms with van der Waals surface area (Å²) in [5, 5.41) is 25.7. The number of nitrogens with one attached hydrogen (secondary N) is 1. The number of carboxylic acids is 1. The van der Waals surface area contributed by atoms with E-state index in [4.69, 9.17) is 20.1 Å². The molecule has 2 aromatic carbocycles. The van der Waals surface area contributed by atoms with Gasteiger partial charge in [0.25, 0.3) is 0 Å². The van der Waals surface area contributed by atoms with Crippen LogP contribution in [-0.4, -0.2) is 55.2 Å². The summed E-state index contributed by atoms with van der Waals surface area (Å²) in [4.78, 5) is 18.0. The first-order valence-corrected chi connectivity index (χ1v) is 12.6. The van der Waals surface area contributed by atoms with Crippen molar-refractivity contribution in [2.24, 2.45) is 0 Å². The Bertz CT molecular complexity index is 1680. The summed E-state index contributed by atoms with van der Waals surface area (Å²) in [5.41, 5.74) is 11.3. The molecule has 0 amide bonds. The number of hydrogen-bond donors (Lipinski definition) is 4. The van der Waals surface area contributed by atoms with Gasteiger partial charge in [0.15, 0.2) is 5.58 Å². The van der Waals surface area contributed by atoms with Crippen LogP contribution in [0, 0.1) is 0 Å². The van der Waals surface area contributed by atoms with Gasteiger partial charge in [-0.1, -0.05) is 30.3 Å². The molecule has 3 aromatic heterocycles. The van der Waals surface area contributed by atoms with Crippen molar-refractivity contribution in [3.63, 3.8) is 0 Å². The largest absolute Gasteiger partial charge is 0.507 e. The van der Waals surface area contributed by atoms with E-state index in [1.165, 1.54) is 0 Å². The number of phenols is 1. The Kier molecular flexibility index (Phi) is 7.62. The third-order valence-electron chi connectivity index (χ3n) is 6.61. The minimum Gasteiger partial charge on any atom is -0.507 e. The smallest absolute Gasteiger partial charge is 0.490 e. The lowest BCUT2D eigenvalue weighted by Gasteiger charge is -2.22. The number of halogens is 3. The Morgan fingerprint density at radius 1 is 1.05 bits per heavy atom. The third-order valence-corrected chi connectivity index (χ3v) is 6.61. The van der Waals surface area contributed by atoms with E-state index in [0.717, 1.165) is 42.6 Å². The zero-order valence-corrected chi connectivity index (χ0v) is 21.5. The van der Waals surface area contributed by atoms with E-state index in [1.807, 2.05) is 47.3 Å². The fourth-order valence-corrected chi connectivity index (χ4v) is 4.54. The number of phenolic OH excluding ortho intramolecular Hbond substituents is 1. The van der Waals surface area contributed by atoms with Crippen LogP contribution in [0.3, 0.4) is 0 Å². The highest BCUT2D eigenvalue weighted by molar-refractivity contribution is 5.95. The first-order chi connectivity index (χ1) is 19.6. The Balaban J connectivity index is 0.000000431. The van der Waals surface area contributed by atoms with Crippen LogP contribution >= 0.6 is 0 Å². The first-order valence-electron chi connectivity index (χ1n) is 12.6. The molecule has 1 aliphatic rings. The molecule has 0 spiro atoms. The second-order valence-electron chi connectivity index (χ2n) is 9.34. The van der Waals surface area contributed by atoms with Crippen LogP contribution in [0.4, 0.5) is 19.0 Å². The molecule has 6 rings (SSSR count). The second-order valence-corrected chi connectivity index (χ2v) is 9.34. The van der Waals surface area contributed by atoms with E-state index in [-0.39, 0.29) is 5.75 Å². The number of oxazole rings is 1. The van der Waals surface area contributed by atoms with Crippen LogP contribution in [0.2, 0.25) is 0 Å². The van der Waals surface area contributed by atoms with Crippen molar-refractivity contribution < 1.29 is 32.6 Å². The number of aromatic hydroxyl groups is 1. The summed E-state index contributed by atoms with van der Waals surface area (Å²) in [7, 11) is 0. The molecule has 0 radical (unpaired) electrons. The molecule has 0 saturated carbocycles. The molecule has 0 unspecified atom stereocenters. The second kappa shape index (κ2) is 11.3. The number of carboxylic acid groups (broad SMARTS) is 1. The normalized spacial score (nSPS) is 14.0. The monoisotopic (exact) mass is 566 g/mol. The van der Waals surface area contributed by atoms with Gasteiger partial charge >= 0.3 is 12.1 Å². The van der Waals surface area contributed by atoms with Crippen molar-refractivity contribution in [3.8, 4) is 39.5 Å². The van der Waals surface area contributed by atoms with Crippen LogP contribution in [0.25, 0.3) is 44.8 Å². The quantitative estimate of drug-likeness (QED) is 0.228. The van der Waals surface area contributed by atoms with Gasteiger partial charge in [-0.15, -0.1) is 0 Å². The van der Waals surface area contributed by atoms with Gasteiger partial charge in [-0.3, -0.25) is 4.68 Å². The molecule has 4 heterocycles. The maximum Gasteiger partial charge on any atom is 0.490 e. The van der Waals surface area contributed by atoms with Crippen molar-refractivity contribution >= 4 is 22.9 Å². The van der Waals surface area contributed by atoms with E-state index in [9.17, 15) is 18.3 Å². The van der Waals surface area contributed by atoms with Crippen LogP contribution in [0.15, 0.2) is 71.5 Å². The summed E-state index contributed by atoms with van der Waals surface area (Å²) in [5.74, 6) is -1.94. The number of alkyl halides is 3. The van der Waals surface area contributed by atoms with Gasteiger partial charge < -0.3 is 25.7 Å². The molecular formula is C28H25F3N6O4. The van der Waals surface area contributed by atoms with Crippen LogP contribution in [-0.2, 0) is 4.79 Å². The lowest BCUT2D eigenvalue weighted by Crippen LogP contribution is -2.29. The van der Waals surface area contributed by atoms with Crippen LogP contribution in [0.1, 0.15) is 18.9 Å². The maximum absolute atomic E-state index is 10.6. The van der Waals surface area contributed by atoms with Gasteiger partial charge in [-0.05, 0) is 49.7 Å². The number of aliphatic carboxylic acids is 1. The molecule has 13 heteroatoms. The predicted octanol–water partition coefficient (Wildman–Crippen LogP) is 5.27. The Morgan fingerprint density at radius 3 is 2.44 bits per heavy atom. The lowest BCUT2D eigenvalue weighted by molar-refractivity contribution is -0.192. The molecule has 10 nitrogen and oxygen atoms in total. The van der Waals surface area contributed by atoms with Gasteiger partial charge in [0, 0.05) is 23.5 Å². The van der Waals surface area contributed by atoms with Gasteiger partial charge in [-0.25, -0.2) is 14.8 Å². The average molecular weight is 567 g/mol. The van der Waals surface area contributed by atoms with Crippen LogP contribution in [0.5, 0.6) is 5.75 Å². The number of fused-ring (bicyclic) bond motifs is 1. The van der Waals surface area contributed by atoms with E-state index in [0.29, 0.717) is 40.0 Å². The number of benzene rings is 2. The zero-order chi connectivity index (χ0) is 29.1. The SMILES string of the molecule is Nc1ncc(-c2cnn(C3CCNCC3)c2)cc1-c1nc2ccc(O)c(-c3ccccc3)c2o1.O=C(O)C(F)(F)F. The van der Waals surface area contributed by atoms with E-state index in [1.54, 1.807) is 18.3 Å². The number of rotatable bonds is 4. The predicted molar refractivity (Wildman–Crippen MR) is 145 cm³/mol. The lowest BCUT2D eigenvalue weighted by atomic mass is 10.0. The standard InChI is InChI=1S/C26H24N6O2.C2HF3O2/c27-25-20(12-17(13-29-25)18-14-30-32(15-18)19-8-10-28-11-9-19)26-31-21-6-7-22(33)23(24(21)34-26)16-4-2-1-3-5-16;3-2(4,5)1(6)7/h1-7,12-15,19,28,33H,8-11H2,(H2,27,29);(H,6,7). The molecule has 41 heavy (non-hydrogen) atoms. The van der Waals surface area contributed by atoms with Gasteiger partial charge in [0.1, 0.15) is 17.1 Å². The number of aromatic nitrogens is 4. The van der Waals surface area contributed by atoms with Crippen molar-refractivity contribution in [1.82, 2.24) is 25.1 Å². The number of hydrogen-bond acceptors (Lipinski definition) is 8. The number of nitrogens with zero attached hydrogens (tertiary/aromatic N) is 4. The summed E-state index contributed by atoms with van der Waals surface area (Å²) >= 11 is 0. The van der Waals surface area contributed by atoms with Gasteiger partial charge in [0.05, 0.1) is 23.4 Å². The summed E-state index contributed by atoms with van der Waals surface area (Å²) in [6.45, 7) is 2.01. The highest BCUT2D eigenvalue weighted by Crippen LogP contribution is 2.39. The molecular weight excluding hydrogens is 541 g/mol. The third kappa shape index (κ3) is 5.99. The average Bonchev–Trinajstić information content (AvgIpc) is 3.62. The van der Waals surface area contributed by atoms with Crippen molar-refractivity contribution in [2.75, 3.05) is 18.8 Å². The summed E-state index contributed by atoms with van der Waals surface area (Å²) in [6, 6.07) is 15.3. The van der Waals surface area contributed by atoms with E-state index in [2.05, 4.69) is 26.6 Å². The Morgan fingerprint density at radius 2 is 1.76 bits per heavy atom. The molecule has 1 fully saturated rings. The summed E-state index contributed by atoms with van der Waals surface area (Å²) in [6.07, 6.45) is 2.70. The van der Waals surface area contributed by atoms with E-state index < -0.39 is 12.1 Å². The minimum atomic E-state index is -5.08. The minimum absolute atomic E-state index is 0.131. The Labute approximate surface area is 231 Å². The molecule has 5 aromatic rings. The highest BCUT2D eigenvalue weighted by atomic mass is 19.4. The molecule has 0 aliphatic carbocycles. The molecule has 1 saturated heterocycles. The fraction of sp³-hybridized carbons (Fsp3) is 0.214. The molecule has 0 atom stereocenters. The highest BCUT2D eigenvalue weighted by Gasteiger charge is 2.38. The van der Waals surface area contributed by atoms with Crippen LogP contribution < -0.4 is 11.1 Å². The van der Waals surface area contributed by atoms with Gasteiger partial charge in [0.2, 0.25) is 5.89 Å². The number of nitrogens with two attached hydrogens (primary N) is 1. The fourth-order valence-electron chi connectivity index (χ4n) is 4.54. The molecule has 1 aliphatic heterocycles. The number of nitrogen functional groups attached to an aromatic ring is 1. The van der Waals surface area contributed by atoms with Crippen molar-refractivity contribution in [2.45, 2.75) is 25.1 Å². The topological polar surface area (TPSA) is 152 Å². The van der Waals surface area contributed by atoms with Gasteiger partial charge in [-0.2, -0.15) is 18.3 Å². The molecule has 212 valence electrons. The maximum atomic E-state index is 10.6. The van der Waals surface area contributed by atoms with Crippen molar-refractivity contribution in [3.05, 3.63) is 67.1 Å². The summed E-state index contributed by atoms with van der Waals surface area (Å²) < 4.78 is 40.0. The number of carbonyl (C=O) groups is 1. The molecule has 5 N–H and O–H groups in total. The van der Waals surface area contributed by atoms with E-state index >= 15 is 0 Å². The number of piperidine rings is 1. The Hall–Kier alpha value is -4.91. The van der Waals surface area contributed by atoms with Crippen molar-refractivity contribution in [1.29, 1.82) is 0 Å². The first kappa shape index (κ1) is 27.6. The zero-order valence-electron chi connectivity index (χ0n) is 21.5. The molecule has 0 bridgehead atoms. The number of anilines is 1.